The number of aliphatic hydroxyl groups is 1. The van der Waals surface area contributed by atoms with Gasteiger partial charge in [0.1, 0.15) is 0 Å². The van der Waals surface area contributed by atoms with Gasteiger partial charge >= 0.3 is 7.60 Å². The van der Waals surface area contributed by atoms with Crippen molar-refractivity contribution in [3.8, 4) is 0 Å². The molecule has 0 bridgehead atoms. The third-order valence-electron chi connectivity index (χ3n) is 2.73. The zero-order valence-electron chi connectivity index (χ0n) is 12.2. The molecule has 3 N–H and O–H groups in total. The van der Waals surface area contributed by atoms with Crippen molar-refractivity contribution in [3.63, 3.8) is 0 Å². The topological polar surface area (TPSA) is 81.8 Å². The average molecular weight is 301 g/mol. The lowest BCUT2D eigenvalue weighted by Crippen LogP contribution is -2.38. The molecule has 1 rings (SSSR count). The summed E-state index contributed by atoms with van der Waals surface area (Å²) < 4.78 is 23.3. The fourth-order valence-electron chi connectivity index (χ4n) is 1.83. The summed E-state index contributed by atoms with van der Waals surface area (Å²) in [6, 6.07) is 7.98. The molecule has 0 spiro atoms. The molecule has 20 heavy (non-hydrogen) atoms. The summed E-state index contributed by atoms with van der Waals surface area (Å²) >= 11 is 0. The number of benzene rings is 1. The van der Waals surface area contributed by atoms with E-state index in [-0.39, 0.29) is 6.61 Å². The number of hydrogen-bond acceptors (Lipinski definition) is 5. The third kappa shape index (κ3) is 5.00. The largest absolute Gasteiger partial charge is 0.366 e. The van der Waals surface area contributed by atoms with Crippen molar-refractivity contribution in [1.82, 2.24) is 0 Å². The van der Waals surface area contributed by atoms with Crippen LogP contribution in [0.25, 0.3) is 0 Å². The van der Waals surface area contributed by atoms with Crippen LogP contribution in [-0.2, 0) is 13.6 Å². The highest BCUT2D eigenvalue weighted by Gasteiger charge is 2.32. The Bertz CT molecular complexity index is 438. The Morgan fingerprint density at radius 3 is 2.40 bits per heavy atom. The Kier molecular flexibility index (Phi) is 6.86. The Hall–Kier alpha value is -0.710. The van der Waals surface area contributed by atoms with Crippen LogP contribution in [0.4, 0.5) is 0 Å². The number of nitrogens with two attached hydrogens (primary N) is 1. The molecule has 2 unspecified atom stereocenters. The van der Waals surface area contributed by atoms with E-state index < -0.39 is 19.9 Å². The van der Waals surface area contributed by atoms with E-state index in [0.717, 1.165) is 0 Å². The lowest BCUT2D eigenvalue weighted by atomic mass is 10.0. The minimum atomic E-state index is -3.56. The van der Waals surface area contributed by atoms with Gasteiger partial charge in [0.2, 0.25) is 0 Å². The molecule has 0 saturated heterocycles. The molecule has 6 heteroatoms. The average Bonchev–Trinajstić information content (AvgIpc) is 2.39. The second-order valence-electron chi connectivity index (χ2n) is 5.04. The Balaban J connectivity index is 2.84. The zero-order chi connectivity index (χ0) is 15.2. The molecule has 5 nitrogen and oxygen atoms in total. The van der Waals surface area contributed by atoms with E-state index in [0.29, 0.717) is 17.6 Å². The van der Waals surface area contributed by atoms with Crippen molar-refractivity contribution in [2.75, 3.05) is 6.61 Å². The predicted molar refractivity (Wildman–Crippen MR) is 79.8 cm³/mol. The number of hydrogen-bond donors (Lipinski definition) is 2. The Labute approximate surface area is 120 Å². The van der Waals surface area contributed by atoms with Crippen molar-refractivity contribution in [2.45, 2.75) is 39.5 Å². The Morgan fingerprint density at radius 1 is 1.30 bits per heavy atom. The van der Waals surface area contributed by atoms with Crippen molar-refractivity contribution >= 4 is 12.9 Å². The molecule has 3 atom stereocenters. The SMILES string of the molecule is CCOP(=O)(OC(O)[C@@H](N)CC(C)C)c1ccccc1. The van der Waals surface area contributed by atoms with Crippen LogP contribution in [0.5, 0.6) is 0 Å². The maximum Gasteiger partial charge on any atom is 0.363 e. The van der Waals surface area contributed by atoms with Gasteiger partial charge in [0.25, 0.3) is 0 Å². The maximum atomic E-state index is 12.8. The lowest BCUT2D eigenvalue weighted by molar-refractivity contribution is -0.0476. The van der Waals surface area contributed by atoms with Crippen LogP contribution in [0.2, 0.25) is 0 Å². The summed E-state index contributed by atoms with van der Waals surface area (Å²) in [6.07, 6.45) is -0.753. The van der Waals surface area contributed by atoms with Crippen LogP contribution in [0, 0.1) is 5.92 Å². The first-order valence-electron chi connectivity index (χ1n) is 6.81. The van der Waals surface area contributed by atoms with Gasteiger partial charge < -0.3 is 15.4 Å². The molecule has 0 saturated carbocycles. The van der Waals surface area contributed by atoms with Gasteiger partial charge in [-0.05, 0) is 31.4 Å². The van der Waals surface area contributed by atoms with E-state index in [4.69, 9.17) is 14.8 Å². The van der Waals surface area contributed by atoms with Crippen molar-refractivity contribution in [1.29, 1.82) is 0 Å². The van der Waals surface area contributed by atoms with Crippen LogP contribution in [0.1, 0.15) is 27.2 Å². The smallest absolute Gasteiger partial charge is 0.363 e. The second kappa shape index (κ2) is 7.91. The monoisotopic (exact) mass is 301 g/mol. The molecule has 114 valence electrons. The molecule has 0 heterocycles. The normalized spacial score (nSPS) is 17.7. The predicted octanol–water partition coefficient (Wildman–Crippen LogP) is 2.25. The summed E-state index contributed by atoms with van der Waals surface area (Å²) in [5.74, 6) is 0.312. The van der Waals surface area contributed by atoms with Crippen LogP contribution in [-0.4, -0.2) is 24.0 Å². The van der Waals surface area contributed by atoms with Gasteiger partial charge in [-0.2, -0.15) is 0 Å². The van der Waals surface area contributed by atoms with Crippen LogP contribution < -0.4 is 11.0 Å². The van der Waals surface area contributed by atoms with Gasteiger partial charge in [-0.1, -0.05) is 32.0 Å². The first kappa shape index (κ1) is 17.3. The fraction of sp³-hybridized carbons (Fsp3) is 0.571. The molecule has 0 aliphatic carbocycles. The molecule has 0 amide bonds. The van der Waals surface area contributed by atoms with E-state index in [9.17, 15) is 9.67 Å². The summed E-state index contributed by atoms with van der Waals surface area (Å²) in [5, 5.41) is 10.4. The summed E-state index contributed by atoms with van der Waals surface area (Å²) in [7, 11) is -3.56. The molecule has 1 aromatic carbocycles. The van der Waals surface area contributed by atoms with E-state index in [2.05, 4.69) is 0 Å². The van der Waals surface area contributed by atoms with E-state index >= 15 is 0 Å². The zero-order valence-corrected chi connectivity index (χ0v) is 13.1. The van der Waals surface area contributed by atoms with Gasteiger partial charge in [0, 0.05) is 0 Å². The lowest BCUT2D eigenvalue weighted by Gasteiger charge is -2.25. The molecule has 1 aromatic rings. The van der Waals surface area contributed by atoms with E-state index in [1.54, 1.807) is 37.3 Å². The van der Waals surface area contributed by atoms with Gasteiger partial charge in [-0.25, -0.2) is 0 Å². The molecule has 0 aromatic heterocycles. The highest BCUT2D eigenvalue weighted by atomic mass is 31.2. The molecule has 0 aliphatic heterocycles. The number of rotatable bonds is 8. The highest BCUT2D eigenvalue weighted by Crippen LogP contribution is 2.48. The van der Waals surface area contributed by atoms with Crippen molar-refractivity contribution in [2.24, 2.45) is 11.7 Å². The maximum absolute atomic E-state index is 12.8. The second-order valence-corrected chi connectivity index (χ2v) is 7.02. The van der Waals surface area contributed by atoms with Crippen molar-refractivity contribution < 1.29 is 18.7 Å². The van der Waals surface area contributed by atoms with E-state index in [1.807, 2.05) is 13.8 Å². The minimum absolute atomic E-state index is 0.221. The van der Waals surface area contributed by atoms with Gasteiger partial charge in [-0.15, -0.1) is 0 Å². The standard InChI is InChI=1S/C14H24NO4P/c1-4-18-20(17,12-8-6-5-7-9-12)19-14(16)13(15)10-11(2)3/h5-9,11,13-14,16H,4,10,15H2,1-3H3/t13-,14?,20?/m0/s1. The fourth-order valence-corrected chi connectivity index (χ4v) is 3.48. The van der Waals surface area contributed by atoms with Gasteiger partial charge in [0.05, 0.1) is 18.0 Å². The minimum Gasteiger partial charge on any atom is -0.366 e. The summed E-state index contributed by atoms with van der Waals surface area (Å²) in [6.45, 7) is 5.93. The summed E-state index contributed by atoms with van der Waals surface area (Å²) in [5.41, 5.74) is 5.85. The number of aliphatic hydroxyl groups excluding tert-OH is 1. The Morgan fingerprint density at radius 2 is 1.90 bits per heavy atom. The first-order chi connectivity index (χ1) is 9.39. The van der Waals surface area contributed by atoms with Crippen LogP contribution in [0.15, 0.2) is 30.3 Å². The molecule has 0 aliphatic rings. The highest BCUT2D eigenvalue weighted by molar-refractivity contribution is 7.62. The molecular weight excluding hydrogens is 277 g/mol. The molecular formula is C14H24NO4P. The van der Waals surface area contributed by atoms with Crippen molar-refractivity contribution in [3.05, 3.63) is 30.3 Å². The van der Waals surface area contributed by atoms with Gasteiger partial charge in [-0.3, -0.25) is 9.09 Å². The third-order valence-corrected chi connectivity index (χ3v) is 4.75. The van der Waals surface area contributed by atoms with E-state index in [1.165, 1.54) is 0 Å². The first-order valence-corrected chi connectivity index (χ1v) is 8.35. The summed E-state index contributed by atoms with van der Waals surface area (Å²) in [4.78, 5) is 0. The quantitative estimate of drug-likeness (QED) is 0.568. The van der Waals surface area contributed by atoms with Crippen LogP contribution in [0.3, 0.4) is 0 Å². The van der Waals surface area contributed by atoms with Crippen LogP contribution >= 0.6 is 7.60 Å². The molecule has 0 fully saturated rings. The van der Waals surface area contributed by atoms with Gasteiger partial charge in [0.15, 0.2) is 6.29 Å². The molecule has 0 radical (unpaired) electrons.